The third-order valence-electron chi connectivity index (χ3n) is 3.61. The van der Waals surface area contributed by atoms with Crippen LogP contribution in [0.3, 0.4) is 0 Å². The molecular weight excluding hydrogens is 244 g/mol. The normalized spacial score (nSPS) is 20.2. The first-order chi connectivity index (χ1) is 8.99. The molecule has 1 saturated heterocycles. The van der Waals surface area contributed by atoms with Gasteiger partial charge in [-0.25, -0.2) is 9.78 Å². The van der Waals surface area contributed by atoms with E-state index < -0.39 is 5.97 Å². The molecule has 1 aromatic heterocycles. The second-order valence-electron chi connectivity index (χ2n) is 5.08. The van der Waals surface area contributed by atoms with Gasteiger partial charge in [-0.15, -0.1) is 0 Å². The molecule has 1 atom stereocenters. The van der Waals surface area contributed by atoms with E-state index in [2.05, 4.69) is 16.9 Å². The van der Waals surface area contributed by atoms with E-state index in [1.165, 1.54) is 6.07 Å². The van der Waals surface area contributed by atoms with Crippen molar-refractivity contribution in [1.29, 1.82) is 0 Å². The number of nitrogen functional groups attached to an aromatic ring is 1. The van der Waals surface area contributed by atoms with Crippen molar-refractivity contribution in [2.45, 2.75) is 18.9 Å². The summed E-state index contributed by atoms with van der Waals surface area (Å²) < 4.78 is 0. The van der Waals surface area contributed by atoms with Crippen LogP contribution in [0.5, 0.6) is 0 Å². The van der Waals surface area contributed by atoms with Crippen LogP contribution in [0, 0.1) is 0 Å². The number of carboxylic acids is 1. The standard InChI is InChI=1S/C13H20N4O2/c1-16-7-3-4-9(8-16)17(2)12-10(14)5-6-11(15-12)13(18)19/h5-6,9H,3-4,7-8,14H2,1-2H3,(H,18,19). The monoisotopic (exact) mass is 264 g/mol. The Bertz CT molecular complexity index is 478. The highest BCUT2D eigenvalue weighted by molar-refractivity contribution is 5.87. The average molecular weight is 264 g/mol. The highest BCUT2D eigenvalue weighted by Gasteiger charge is 2.23. The van der Waals surface area contributed by atoms with Gasteiger partial charge in [0.2, 0.25) is 0 Å². The first-order valence-corrected chi connectivity index (χ1v) is 6.40. The van der Waals surface area contributed by atoms with Gasteiger partial charge in [0.25, 0.3) is 0 Å². The van der Waals surface area contributed by atoms with Crippen molar-refractivity contribution in [3.63, 3.8) is 0 Å². The van der Waals surface area contributed by atoms with Crippen molar-refractivity contribution in [2.24, 2.45) is 0 Å². The molecule has 1 unspecified atom stereocenters. The smallest absolute Gasteiger partial charge is 0.354 e. The van der Waals surface area contributed by atoms with E-state index >= 15 is 0 Å². The largest absolute Gasteiger partial charge is 0.477 e. The Morgan fingerprint density at radius 2 is 2.32 bits per heavy atom. The quantitative estimate of drug-likeness (QED) is 0.843. The number of likely N-dealkylation sites (tertiary alicyclic amines) is 1. The molecule has 1 fully saturated rings. The number of carboxylic acid groups (broad SMARTS) is 1. The van der Waals surface area contributed by atoms with Crippen LogP contribution in [-0.4, -0.2) is 54.2 Å². The first-order valence-electron chi connectivity index (χ1n) is 6.40. The minimum absolute atomic E-state index is 0.0280. The summed E-state index contributed by atoms with van der Waals surface area (Å²) in [4.78, 5) is 19.4. The van der Waals surface area contributed by atoms with Gasteiger partial charge in [-0.3, -0.25) is 0 Å². The van der Waals surface area contributed by atoms with Gasteiger partial charge >= 0.3 is 5.97 Å². The van der Waals surface area contributed by atoms with Crippen LogP contribution in [0.25, 0.3) is 0 Å². The molecule has 1 aliphatic heterocycles. The van der Waals surface area contributed by atoms with Crippen molar-refractivity contribution < 1.29 is 9.90 Å². The number of anilines is 2. The van der Waals surface area contributed by atoms with Crippen molar-refractivity contribution >= 4 is 17.5 Å². The first kappa shape index (κ1) is 13.6. The Kier molecular flexibility index (Phi) is 3.90. The summed E-state index contributed by atoms with van der Waals surface area (Å²) in [6.45, 7) is 2.04. The molecule has 0 bridgehead atoms. The SMILES string of the molecule is CN1CCCC(N(C)c2nc(C(=O)O)ccc2N)C1. The fraction of sp³-hybridized carbons (Fsp3) is 0.538. The third kappa shape index (κ3) is 2.96. The number of nitrogens with two attached hydrogens (primary N) is 1. The summed E-state index contributed by atoms with van der Waals surface area (Å²) >= 11 is 0. The number of carbonyl (C=O) groups is 1. The maximum atomic E-state index is 11.0. The fourth-order valence-corrected chi connectivity index (χ4v) is 2.49. The molecule has 0 amide bonds. The number of rotatable bonds is 3. The highest BCUT2D eigenvalue weighted by Crippen LogP contribution is 2.25. The molecule has 6 heteroatoms. The number of aromatic carboxylic acids is 1. The van der Waals surface area contributed by atoms with Crippen LogP contribution in [-0.2, 0) is 0 Å². The predicted octanol–water partition coefficient (Wildman–Crippen LogP) is 0.892. The minimum Gasteiger partial charge on any atom is -0.477 e. The lowest BCUT2D eigenvalue weighted by molar-refractivity contribution is 0.0690. The summed E-state index contributed by atoms with van der Waals surface area (Å²) in [6, 6.07) is 3.36. The molecule has 0 radical (unpaired) electrons. The number of likely N-dealkylation sites (N-methyl/N-ethyl adjacent to an activating group) is 2. The van der Waals surface area contributed by atoms with Gasteiger partial charge in [0, 0.05) is 19.6 Å². The Labute approximate surface area is 112 Å². The number of pyridine rings is 1. The fourth-order valence-electron chi connectivity index (χ4n) is 2.49. The summed E-state index contributed by atoms with van der Waals surface area (Å²) in [5, 5.41) is 9.00. The molecule has 0 spiro atoms. The maximum Gasteiger partial charge on any atom is 0.354 e. The molecule has 6 nitrogen and oxygen atoms in total. The Hall–Kier alpha value is -1.82. The molecule has 1 aromatic rings. The van der Waals surface area contributed by atoms with Gasteiger partial charge < -0.3 is 20.6 Å². The number of piperidine rings is 1. The molecule has 104 valence electrons. The lowest BCUT2D eigenvalue weighted by atomic mass is 10.0. The van der Waals surface area contributed by atoms with Gasteiger partial charge in [-0.1, -0.05) is 0 Å². The third-order valence-corrected chi connectivity index (χ3v) is 3.61. The topological polar surface area (TPSA) is 82.7 Å². The molecule has 3 N–H and O–H groups in total. The minimum atomic E-state index is -1.03. The molecule has 0 aliphatic carbocycles. The average Bonchev–Trinajstić information content (AvgIpc) is 2.38. The van der Waals surface area contributed by atoms with E-state index in [4.69, 9.17) is 10.8 Å². The molecule has 2 rings (SSSR count). The van der Waals surface area contributed by atoms with E-state index in [1.807, 2.05) is 11.9 Å². The van der Waals surface area contributed by atoms with E-state index in [9.17, 15) is 4.79 Å². The molecule has 19 heavy (non-hydrogen) atoms. The van der Waals surface area contributed by atoms with E-state index in [1.54, 1.807) is 6.07 Å². The van der Waals surface area contributed by atoms with Gasteiger partial charge in [-0.2, -0.15) is 0 Å². The van der Waals surface area contributed by atoms with Gasteiger partial charge in [0.05, 0.1) is 5.69 Å². The Morgan fingerprint density at radius 1 is 1.58 bits per heavy atom. The van der Waals surface area contributed by atoms with Crippen molar-refractivity contribution in [3.05, 3.63) is 17.8 Å². The van der Waals surface area contributed by atoms with Crippen molar-refractivity contribution in [1.82, 2.24) is 9.88 Å². The zero-order chi connectivity index (χ0) is 14.0. The molecule has 0 aromatic carbocycles. The predicted molar refractivity (Wildman–Crippen MR) is 74.5 cm³/mol. The van der Waals surface area contributed by atoms with E-state index in [0.29, 0.717) is 17.5 Å². The maximum absolute atomic E-state index is 11.0. The van der Waals surface area contributed by atoms with Crippen LogP contribution >= 0.6 is 0 Å². The lowest BCUT2D eigenvalue weighted by Gasteiger charge is -2.36. The van der Waals surface area contributed by atoms with Crippen LogP contribution < -0.4 is 10.6 Å². The zero-order valence-electron chi connectivity index (χ0n) is 11.3. The summed E-state index contributed by atoms with van der Waals surface area (Å²) in [6.07, 6.45) is 2.20. The second-order valence-corrected chi connectivity index (χ2v) is 5.08. The molecular formula is C13H20N4O2. The number of hydrogen-bond acceptors (Lipinski definition) is 5. The van der Waals surface area contributed by atoms with Gasteiger partial charge in [0.15, 0.2) is 11.5 Å². The molecule has 2 heterocycles. The zero-order valence-corrected chi connectivity index (χ0v) is 11.3. The van der Waals surface area contributed by atoms with Crippen LogP contribution in [0.1, 0.15) is 23.3 Å². The Balaban J connectivity index is 2.24. The lowest BCUT2D eigenvalue weighted by Crippen LogP contribution is -2.45. The van der Waals surface area contributed by atoms with Gasteiger partial charge in [-0.05, 0) is 38.6 Å². The van der Waals surface area contributed by atoms with Crippen molar-refractivity contribution in [2.75, 3.05) is 37.8 Å². The summed E-state index contributed by atoms with van der Waals surface area (Å²) in [7, 11) is 4.01. The number of aromatic nitrogens is 1. The Morgan fingerprint density at radius 3 is 2.95 bits per heavy atom. The van der Waals surface area contributed by atoms with Crippen LogP contribution in [0.15, 0.2) is 12.1 Å². The van der Waals surface area contributed by atoms with Crippen LogP contribution in [0.4, 0.5) is 11.5 Å². The summed E-state index contributed by atoms with van der Waals surface area (Å²) in [5.41, 5.74) is 6.46. The summed E-state index contributed by atoms with van der Waals surface area (Å²) in [5.74, 6) is -0.476. The van der Waals surface area contributed by atoms with Crippen LogP contribution in [0.2, 0.25) is 0 Å². The van der Waals surface area contributed by atoms with Gasteiger partial charge in [0.1, 0.15) is 0 Å². The highest BCUT2D eigenvalue weighted by atomic mass is 16.4. The number of nitrogens with zero attached hydrogens (tertiary/aromatic N) is 3. The number of hydrogen-bond donors (Lipinski definition) is 2. The molecule has 1 aliphatic rings. The van der Waals surface area contributed by atoms with E-state index in [0.717, 1.165) is 25.9 Å². The van der Waals surface area contributed by atoms with Crippen molar-refractivity contribution in [3.8, 4) is 0 Å². The van der Waals surface area contributed by atoms with E-state index in [-0.39, 0.29) is 5.69 Å². The second kappa shape index (κ2) is 5.44. The molecule has 0 saturated carbocycles.